The predicted octanol–water partition coefficient (Wildman–Crippen LogP) is 1.68. The first-order chi connectivity index (χ1) is 9.77. The summed E-state index contributed by atoms with van der Waals surface area (Å²) in [5, 5.41) is 9.33. The number of hydrogen-bond acceptors (Lipinski definition) is 3. The van der Waals surface area contributed by atoms with Crippen molar-refractivity contribution >= 4 is 11.9 Å². The Hall–Kier alpha value is -1.10. The van der Waals surface area contributed by atoms with Gasteiger partial charge in [0, 0.05) is 19.1 Å². The Morgan fingerprint density at radius 1 is 1.14 bits per heavy atom. The summed E-state index contributed by atoms with van der Waals surface area (Å²) >= 11 is 0. The molecule has 0 aromatic carbocycles. The molecular formula is C16H28N2O3. The van der Waals surface area contributed by atoms with Gasteiger partial charge in [-0.2, -0.15) is 0 Å². The number of carboxylic acids is 1. The number of carbonyl (C=O) groups excluding carboxylic acids is 1. The Kier molecular flexibility index (Phi) is 4.61. The number of carboxylic acid groups (broad SMARTS) is 1. The fourth-order valence-electron chi connectivity index (χ4n) is 3.97. The van der Waals surface area contributed by atoms with E-state index in [1.165, 1.54) is 6.42 Å². The quantitative estimate of drug-likeness (QED) is 0.838. The molecule has 2 fully saturated rings. The van der Waals surface area contributed by atoms with Crippen molar-refractivity contribution in [3.63, 3.8) is 0 Å². The van der Waals surface area contributed by atoms with Gasteiger partial charge in [-0.25, -0.2) is 0 Å². The molecule has 120 valence electrons. The van der Waals surface area contributed by atoms with Gasteiger partial charge in [-0.3, -0.25) is 9.59 Å². The van der Waals surface area contributed by atoms with Gasteiger partial charge in [-0.1, -0.05) is 6.92 Å². The van der Waals surface area contributed by atoms with E-state index >= 15 is 0 Å². The van der Waals surface area contributed by atoms with Gasteiger partial charge in [0.2, 0.25) is 5.91 Å². The van der Waals surface area contributed by atoms with Crippen LogP contribution < -0.4 is 0 Å². The lowest BCUT2D eigenvalue weighted by Crippen LogP contribution is -2.58. The Morgan fingerprint density at radius 3 is 2.14 bits per heavy atom. The van der Waals surface area contributed by atoms with Gasteiger partial charge in [0.25, 0.3) is 0 Å². The molecule has 3 atom stereocenters. The van der Waals surface area contributed by atoms with Crippen LogP contribution in [0, 0.1) is 17.8 Å². The molecule has 0 bridgehead atoms. The summed E-state index contributed by atoms with van der Waals surface area (Å²) in [6, 6.07) is 0. The Balaban J connectivity index is 2.03. The zero-order valence-electron chi connectivity index (χ0n) is 13.6. The predicted molar refractivity (Wildman–Crippen MR) is 80.9 cm³/mol. The molecule has 5 heteroatoms. The summed E-state index contributed by atoms with van der Waals surface area (Å²) in [6.45, 7) is 2.74. The van der Waals surface area contributed by atoms with E-state index in [4.69, 9.17) is 0 Å². The third-order valence-electron chi connectivity index (χ3n) is 5.57. The lowest BCUT2D eigenvalue weighted by Gasteiger charge is -2.49. The molecule has 21 heavy (non-hydrogen) atoms. The summed E-state index contributed by atoms with van der Waals surface area (Å²) in [6.07, 6.45) is 4.76. The van der Waals surface area contributed by atoms with E-state index in [2.05, 4.69) is 19.0 Å². The molecule has 2 aliphatic rings. The maximum absolute atomic E-state index is 12.7. The second kappa shape index (κ2) is 5.95. The highest BCUT2D eigenvalue weighted by molar-refractivity contribution is 5.85. The first kappa shape index (κ1) is 16.3. The highest BCUT2D eigenvalue weighted by atomic mass is 16.4. The van der Waals surface area contributed by atoms with Gasteiger partial charge in [-0.15, -0.1) is 0 Å². The van der Waals surface area contributed by atoms with Crippen molar-refractivity contribution in [2.75, 3.05) is 27.7 Å². The molecule has 2 rings (SSSR count). The molecule has 0 saturated heterocycles. The minimum atomic E-state index is -0.822. The van der Waals surface area contributed by atoms with Crippen molar-refractivity contribution in [1.82, 2.24) is 9.80 Å². The normalized spacial score (nSPS) is 31.0. The molecule has 2 saturated carbocycles. The van der Waals surface area contributed by atoms with Crippen molar-refractivity contribution in [3.05, 3.63) is 0 Å². The molecule has 0 spiro atoms. The van der Waals surface area contributed by atoms with Gasteiger partial charge in [-0.05, 0) is 52.1 Å². The van der Waals surface area contributed by atoms with Crippen LogP contribution in [0.25, 0.3) is 0 Å². The molecule has 2 aliphatic carbocycles. The van der Waals surface area contributed by atoms with Crippen LogP contribution in [-0.2, 0) is 9.59 Å². The summed E-state index contributed by atoms with van der Waals surface area (Å²) < 4.78 is 0. The molecule has 0 aromatic heterocycles. The van der Waals surface area contributed by atoms with Crippen LogP contribution in [-0.4, -0.2) is 60.0 Å². The molecule has 0 heterocycles. The van der Waals surface area contributed by atoms with E-state index in [1.807, 2.05) is 14.0 Å². The van der Waals surface area contributed by atoms with Crippen molar-refractivity contribution in [1.29, 1.82) is 0 Å². The molecule has 1 unspecified atom stereocenters. The smallest absolute Gasteiger partial charge is 0.307 e. The number of amides is 1. The minimum Gasteiger partial charge on any atom is -0.481 e. The Morgan fingerprint density at radius 2 is 1.71 bits per heavy atom. The number of rotatable bonds is 5. The number of aliphatic carboxylic acids is 1. The zero-order valence-corrected chi connectivity index (χ0v) is 13.6. The fraction of sp³-hybridized carbons (Fsp3) is 0.875. The number of likely N-dealkylation sites (N-methyl/N-ethyl adjacent to an activating group) is 2. The lowest BCUT2D eigenvalue weighted by atomic mass is 9.75. The third kappa shape index (κ3) is 3.07. The fourth-order valence-corrected chi connectivity index (χ4v) is 3.97. The average molecular weight is 296 g/mol. The van der Waals surface area contributed by atoms with E-state index in [1.54, 1.807) is 4.90 Å². The van der Waals surface area contributed by atoms with Crippen LogP contribution in [0.15, 0.2) is 0 Å². The van der Waals surface area contributed by atoms with Gasteiger partial charge in [0.1, 0.15) is 0 Å². The van der Waals surface area contributed by atoms with Crippen LogP contribution in [0.2, 0.25) is 0 Å². The SMILES string of the molecule is CC1C[C@H](C(=O)N(C)CC2(N(C)C)CCC2)[C@H](C(=O)O)C1. The standard InChI is InChI=1S/C16H28N2O3/c1-11-8-12(13(9-11)15(20)21)14(19)18(4)10-16(17(2)3)6-5-7-16/h11-13H,5-10H2,1-4H3,(H,20,21)/t11?,12-,13+/m0/s1. The van der Waals surface area contributed by atoms with Crippen LogP contribution in [0.5, 0.6) is 0 Å². The molecule has 1 amide bonds. The van der Waals surface area contributed by atoms with Crippen LogP contribution in [0.1, 0.15) is 39.0 Å². The van der Waals surface area contributed by atoms with Crippen LogP contribution in [0.3, 0.4) is 0 Å². The van der Waals surface area contributed by atoms with Crippen LogP contribution in [0.4, 0.5) is 0 Å². The number of nitrogens with zero attached hydrogens (tertiary/aromatic N) is 2. The summed E-state index contributed by atoms with van der Waals surface area (Å²) in [7, 11) is 5.96. The third-order valence-corrected chi connectivity index (χ3v) is 5.57. The topological polar surface area (TPSA) is 60.9 Å². The molecule has 0 aliphatic heterocycles. The molecule has 5 nitrogen and oxygen atoms in total. The molecule has 0 radical (unpaired) electrons. The van der Waals surface area contributed by atoms with Gasteiger partial charge < -0.3 is 14.9 Å². The molecular weight excluding hydrogens is 268 g/mol. The van der Waals surface area contributed by atoms with Gasteiger partial charge in [0.05, 0.1) is 11.8 Å². The number of carbonyl (C=O) groups is 2. The largest absolute Gasteiger partial charge is 0.481 e. The van der Waals surface area contributed by atoms with Gasteiger partial charge in [0.15, 0.2) is 0 Å². The highest BCUT2D eigenvalue weighted by Crippen LogP contribution is 2.40. The second-order valence-corrected chi connectivity index (χ2v) is 7.29. The van der Waals surface area contributed by atoms with E-state index in [0.29, 0.717) is 25.3 Å². The molecule has 0 aromatic rings. The zero-order chi connectivity index (χ0) is 15.8. The lowest BCUT2D eigenvalue weighted by molar-refractivity contribution is -0.149. The van der Waals surface area contributed by atoms with Crippen molar-refractivity contribution in [3.8, 4) is 0 Å². The van der Waals surface area contributed by atoms with Crippen molar-refractivity contribution in [2.45, 2.75) is 44.6 Å². The van der Waals surface area contributed by atoms with E-state index in [-0.39, 0.29) is 17.4 Å². The van der Waals surface area contributed by atoms with Gasteiger partial charge >= 0.3 is 5.97 Å². The minimum absolute atomic E-state index is 0.0138. The maximum atomic E-state index is 12.7. The monoisotopic (exact) mass is 296 g/mol. The summed E-state index contributed by atoms with van der Waals surface area (Å²) in [5.41, 5.74) is 0.0906. The first-order valence-corrected chi connectivity index (χ1v) is 7.92. The van der Waals surface area contributed by atoms with Crippen molar-refractivity contribution < 1.29 is 14.7 Å². The summed E-state index contributed by atoms with van der Waals surface area (Å²) in [4.78, 5) is 28.0. The molecule has 1 N–H and O–H groups in total. The number of hydrogen-bond donors (Lipinski definition) is 1. The Labute approximate surface area is 127 Å². The Bertz CT molecular complexity index is 418. The van der Waals surface area contributed by atoms with E-state index in [0.717, 1.165) is 12.8 Å². The first-order valence-electron chi connectivity index (χ1n) is 7.92. The van der Waals surface area contributed by atoms with Crippen LogP contribution >= 0.6 is 0 Å². The average Bonchev–Trinajstić information content (AvgIpc) is 2.74. The highest BCUT2D eigenvalue weighted by Gasteiger charge is 2.45. The van der Waals surface area contributed by atoms with E-state index in [9.17, 15) is 14.7 Å². The second-order valence-electron chi connectivity index (χ2n) is 7.29. The summed E-state index contributed by atoms with van der Waals surface area (Å²) in [5.74, 6) is -1.34. The van der Waals surface area contributed by atoms with E-state index < -0.39 is 11.9 Å². The maximum Gasteiger partial charge on any atom is 0.307 e. The van der Waals surface area contributed by atoms with Crippen molar-refractivity contribution in [2.24, 2.45) is 17.8 Å².